The molecular formula is C16H20F3N3O4. The van der Waals surface area contributed by atoms with Crippen LogP contribution in [0.4, 0.5) is 23.8 Å². The van der Waals surface area contributed by atoms with E-state index in [1.807, 2.05) is 0 Å². The maximum atomic E-state index is 12.6. The predicted molar refractivity (Wildman–Crippen MR) is 85.8 cm³/mol. The zero-order chi connectivity index (χ0) is 19.7. The number of carboxylic acid groups (broad SMARTS) is 1. The summed E-state index contributed by atoms with van der Waals surface area (Å²) in [6, 6.07) is 0.881. The van der Waals surface area contributed by atoms with Gasteiger partial charge >= 0.3 is 18.2 Å². The Hall–Kier alpha value is -2.52. The molecule has 1 atom stereocenters. The molecule has 0 saturated carbocycles. The van der Waals surface area contributed by atoms with Crippen LogP contribution < -0.4 is 4.90 Å². The topological polar surface area (TPSA) is 83.0 Å². The van der Waals surface area contributed by atoms with E-state index in [4.69, 9.17) is 4.74 Å². The number of amides is 1. The number of nitrogens with zero attached hydrogens (tertiary/aromatic N) is 3. The van der Waals surface area contributed by atoms with Crippen molar-refractivity contribution in [2.45, 2.75) is 38.6 Å². The lowest BCUT2D eigenvalue weighted by molar-refractivity contribution is -0.143. The zero-order valence-corrected chi connectivity index (χ0v) is 14.6. The van der Waals surface area contributed by atoms with Crippen LogP contribution in [0.1, 0.15) is 26.3 Å². The maximum Gasteiger partial charge on any atom is 0.417 e. The number of anilines is 1. The summed E-state index contributed by atoms with van der Waals surface area (Å²) in [6.07, 6.45) is -4.54. The molecule has 0 aromatic carbocycles. The van der Waals surface area contributed by atoms with E-state index in [0.717, 1.165) is 11.0 Å². The third-order valence-corrected chi connectivity index (χ3v) is 3.69. The van der Waals surface area contributed by atoms with Crippen molar-refractivity contribution in [2.75, 3.05) is 24.5 Å². The van der Waals surface area contributed by atoms with E-state index >= 15 is 0 Å². The van der Waals surface area contributed by atoms with Gasteiger partial charge in [0.2, 0.25) is 0 Å². The fraction of sp³-hybridized carbons (Fsp3) is 0.562. The van der Waals surface area contributed by atoms with Gasteiger partial charge in [-0.3, -0.25) is 4.90 Å². The van der Waals surface area contributed by atoms with E-state index in [0.29, 0.717) is 6.20 Å². The second-order valence-corrected chi connectivity index (χ2v) is 6.88. The van der Waals surface area contributed by atoms with Crippen LogP contribution in [0.3, 0.4) is 0 Å². The maximum absolute atomic E-state index is 12.6. The minimum Gasteiger partial charge on any atom is -0.480 e. The third kappa shape index (κ3) is 4.77. The highest BCUT2D eigenvalue weighted by Gasteiger charge is 2.38. The molecule has 1 aliphatic rings. The monoisotopic (exact) mass is 375 g/mol. The number of hydrogen-bond donors (Lipinski definition) is 1. The summed E-state index contributed by atoms with van der Waals surface area (Å²) in [6.45, 7) is 5.18. The molecule has 1 aliphatic heterocycles. The molecule has 1 amide bonds. The van der Waals surface area contributed by atoms with Gasteiger partial charge in [0.05, 0.1) is 12.1 Å². The number of halogens is 3. The fourth-order valence-corrected chi connectivity index (χ4v) is 2.48. The van der Waals surface area contributed by atoms with E-state index in [2.05, 4.69) is 4.98 Å². The third-order valence-electron chi connectivity index (χ3n) is 3.69. The normalized spacial score (nSPS) is 18.6. The first-order valence-corrected chi connectivity index (χ1v) is 7.89. The SMILES string of the molecule is CC(C)(C)OC(=O)N1CCN(c2ccc(C(F)(F)F)cn2)CC1C(=O)O. The standard InChI is InChI=1S/C16H20F3N3O4/c1-15(2,3)26-14(25)22-7-6-21(9-11(22)13(23)24)12-5-4-10(8-20-12)16(17,18)19/h4-5,8,11H,6-7,9H2,1-3H3,(H,23,24). The van der Waals surface area contributed by atoms with Gasteiger partial charge in [-0.1, -0.05) is 0 Å². The number of carboxylic acids is 1. The molecule has 7 nitrogen and oxygen atoms in total. The van der Waals surface area contributed by atoms with Crippen LogP contribution in [-0.4, -0.2) is 58.3 Å². The summed E-state index contributed by atoms with van der Waals surface area (Å²) in [4.78, 5) is 30.2. The molecule has 10 heteroatoms. The molecule has 0 bridgehead atoms. The Morgan fingerprint density at radius 3 is 2.35 bits per heavy atom. The molecule has 26 heavy (non-hydrogen) atoms. The van der Waals surface area contributed by atoms with E-state index < -0.39 is 35.4 Å². The number of carbonyl (C=O) groups excluding carboxylic acids is 1. The molecule has 0 aliphatic carbocycles. The van der Waals surface area contributed by atoms with Crippen molar-refractivity contribution in [3.63, 3.8) is 0 Å². The number of hydrogen-bond acceptors (Lipinski definition) is 5. The highest BCUT2D eigenvalue weighted by Crippen LogP contribution is 2.29. The Morgan fingerprint density at radius 1 is 1.23 bits per heavy atom. The minimum absolute atomic E-state index is 0.0502. The van der Waals surface area contributed by atoms with Crippen LogP contribution in [-0.2, 0) is 15.7 Å². The lowest BCUT2D eigenvalue weighted by atomic mass is 10.1. The van der Waals surface area contributed by atoms with Gasteiger partial charge in [-0.2, -0.15) is 13.2 Å². The number of alkyl halides is 3. The molecule has 1 fully saturated rings. The molecule has 2 rings (SSSR count). The zero-order valence-electron chi connectivity index (χ0n) is 14.6. The van der Waals surface area contributed by atoms with Gasteiger partial charge in [-0.15, -0.1) is 0 Å². The quantitative estimate of drug-likeness (QED) is 0.856. The van der Waals surface area contributed by atoms with Crippen LogP contribution >= 0.6 is 0 Å². The van der Waals surface area contributed by atoms with E-state index in [9.17, 15) is 27.9 Å². The van der Waals surface area contributed by atoms with Crippen molar-refractivity contribution >= 4 is 17.9 Å². The average Bonchev–Trinajstić information content (AvgIpc) is 2.52. The van der Waals surface area contributed by atoms with Gasteiger partial charge < -0.3 is 14.7 Å². The largest absolute Gasteiger partial charge is 0.480 e. The number of piperazine rings is 1. The lowest BCUT2D eigenvalue weighted by Crippen LogP contribution is -2.59. The van der Waals surface area contributed by atoms with Gasteiger partial charge in [0, 0.05) is 19.3 Å². The highest BCUT2D eigenvalue weighted by atomic mass is 19.4. The van der Waals surface area contributed by atoms with Crippen LogP contribution in [0, 0.1) is 0 Å². The number of pyridine rings is 1. The lowest BCUT2D eigenvalue weighted by Gasteiger charge is -2.40. The number of aliphatic carboxylic acids is 1. The summed E-state index contributed by atoms with van der Waals surface area (Å²) in [7, 11) is 0. The molecule has 1 aromatic rings. The average molecular weight is 375 g/mol. The van der Waals surface area contributed by atoms with Crippen LogP contribution in [0.25, 0.3) is 0 Å². The summed E-state index contributed by atoms with van der Waals surface area (Å²) in [5, 5.41) is 9.43. The van der Waals surface area contributed by atoms with Crippen molar-refractivity contribution in [3.05, 3.63) is 23.9 Å². The van der Waals surface area contributed by atoms with E-state index in [1.54, 1.807) is 20.8 Å². The fourth-order valence-electron chi connectivity index (χ4n) is 2.48. The first-order chi connectivity index (χ1) is 11.9. The molecule has 1 aromatic heterocycles. The first-order valence-electron chi connectivity index (χ1n) is 7.89. The Bertz CT molecular complexity index is 671. The van der Waals surface area contributed by atoms with Gasteiger partial charge in [-0.05, 0) is 32.9 Å². The molecule has 144 valence electrons. The second kappa shape index (κ2) is 7.00. The van der Waals surface area contributed by atoms with Crippen LogP contribution in [0.2, 0.25) is 0 Å². The Labute approximate surface area is 148 Å². The van der Waals surface area contributed by atoms with Crippen molar-refractivity contribution in [3.8, 4) is 0 Å². The Kier molecular flexibility index (Phi) is 5.33. The van der Waals surface area contributed by atoms with Crippen molar-refractivity contribution in [1.29, 1.82) is 0 Å². The molecular weight excluding hydrogens is 355 g/mol. The molecule has 1 N–H and O–H groups in total. The van der Waals surface area contributed by atoms with Crippen LogP contribution in [0.15, 0.2) is 18.3 Å². The van der Waals surface area contributed by atoms with Gasteiger partial charge in [0.15, 0.2) is 0 Å². The number of rotatable bonds is 2. The number of aromatic nitrogens is 1. The smallest absolute Gasteiger partial charge is 0.417 e. The number of ether oxygens (including phenoxy) is 1. The van der Waals surface area contributed by atoms with Crippen LogP contribution in [0.5, 0.6) is 0 Å². The highest BCUT2D eigenvalue weighted by molar-refractivity contribution is 5.81. The number of carbonyl (C=O) groups is 2. The van der Waals surface area contributed by atoms with Crippen molar-refractivity contribution < 1.29 is 32.6 Å². The summed E-state index contributed by atoms with van der Waals surface area (Å²) in [5.74, 6) is -1.01. The van der Waals surface area contributed by atoms with Gasteiger partial charge in [0.25, 0.3) is 0 Å². The Morgan fingerprint density at radius 2 is 1.88 bits per heavy atom. The van der Waals surface area contributed by atoms with Crippen molar-refractivity contribution in [2.24, 2.45) is 0 Å². The van der Waals surface area contributed by atoms with Gasteiger partial charge in [-0.25, -0.2) is 14.6 Å². The molecule has 2 heterocycles. The molecule has 0 spiro atoms. The molecule has 1 saturated heterocycles. The molecule has 0 radical (unpaired) electrons. The second-order valence-electron chi connectivity index (χ2n) is 6.88. The van der Waals surface area contributed by atoms with E-state index in [-0.39, 0.29) is 25.5 Å². The first kappa shape index (κ1) is 19.8. The summed E-state index contributed by atoms with van der Waals surface area (Å²) < 4.78 is 43.1. The Balaban J connectivity index is 2.14. The van der Waals surface area contributed by atoms with E-state index in [1.165, 1.54) is 11.0 Å². The summed E-state index contributed by atoms with van der Waals surface area (Å²) >= 11 is 0. The minimum atomic E-state index is -4.50. The molecule has 1 unspecified atom stereocenters. The van der Waals surface area contributed by atoms with Gasteiger partial charge in [0.1, 0.15) is 17.5 Å². The predicted octanol–water partition coefficient (Wildman–Crippen LogP) is 2.61. The van der Waals surface area contributed by atoms with Crippen molar-refractivity contribution in [1.82, 2.24) is 9.88 Å². The summed E-state index contributed by atoms with van der Waals surface area (Å²) in [5.41, 5.74) is -1.66.